The number of primary amides is 1. The first-order chi connectivity index (χ1) is 23.5. The molecule has 5 N–H and O–H groups in total. The number of amides is 5. The second-order valence-electron chi connectivity index (χ2n) is 15.3. The van der Waals surface area contributed by atoms with Crippen LogP contribution in [0.3, 0.4) is 0 Å². The minimum Gasteiger partial charge on any atom is -0.368 e. The molecule has 1 heterocycles. The van der Waals surface area contributed by atoms with Gasteiger partial charge in [-0.25, -0.2) is 0 Å². The van der Waals surface area contributed by atoms with Crippen LogP contribution in [0.15, 0.2) is 30.3 Å². The molecule has 1 saturated heterocycles. The number of hydrogen-bond acceptors (Lipinski definition) is 6. The van der Waals surface area contributed by atoms with Gasteiger partial charge >= 0.3 is 0 Å². The summed E-state index contributed by atoms with van der Waals surface area (Å²) in [5.41, 5.74) is 6.57. The third-order valence-corrected chi connectivity index (χ3v) is 11.0. The van der Waals surface area contributed by atoms with Crippen molar-refractivity contribution < 1.29 is 24.0 Å². The van der Waals surface area contributed by atoms with Gasteiger partial charge in [-0.1, -0.05) is 99.1 Å². The summed E-state index contributed by atoms with van der Waals surface area (Å²) in [5.74, 6) is -1.93. The molecule has 0 spiro atoms. The lowest BCUT2D eigenvalue weighted by atomic mass is 9.84. The summed E-state index contributed by atoms with van der Waals surface area (Å²) in [5, 5.41) is 8.93. The Morgan fingerprint density at radius 1 is 0.880 bits per heavy atom. The second-order valence-corrected chi connectivity index (χ2v) is 15.3. The van der Waals surface area contributed by atoms with Crippen molar-refractivity contribution in [1.29, 1.82) is 0 Å². The molecule has 5 amide bonds. The molecule has 0 saturated carbocycles. The van der Waals surface area contributed by atoms with Crippen LogP contribution < -0.4 is 21.7 Å². The highest BCUT2D eigenvalue weighted by Crippen LogP contribution is 2.32. The normalized spacial score (nSPS) is 19.5. The lowest BCUT2D eigenvalue weighted by molar-refractivity contribution is -0.142. The molecule has 0 radical (unpaired) electrons. The van der Waals surface area contributed by atoms with E-state index in [0.29, 0.717) is 13.0 Å². The zero-order chi connectivity index (χ0) is 37.9. The van der Waals surface area contributed by atoms with E-state index in [1.807, 2.05) is 83.7 Å². The van der Waals surface area contributed by atoms with Crippen molar-refractivity contribution in [3.05, 3.63) is 35.9 Å². The maximum absolute atomic E-state index is 14.0. The van der Waals surface area contributed by atoms with E-state index >= 15 is 0 Å². The van der Waals surface area contributed by atoms with E-state index < -0.39 is 30.0 Å². The number of nitrogens with zero attached hydrogens (tertiary/aromatic N) is 2. The maximum Gasteiger partial charge on any atom is 0.245 e. The van der Waals surface area contributed by atoms with Gasteiger partial charge in [0.25, 0.3) is 0 Å². The van der Waals surface area contributed by atoms with Gasteiger partial charge in [-0.3, -0.25) is 24.0 Å². The molecule has 11 heteroatoms. The van der Waals surface area contributed by atoms with E-state index in [-0.39, 0.29) is 71.7 Å². The minimum absolute atomic E-state index is 0.00945. The van der Waals surface area contributed by atoms with Crippen molar-refractivity contribution in [3.63, 3.8) is 0 Å². The first-order valence-corrected chi connectivity index (χ1v) is 18.6. The summed E-state index contributed by atoms with van der Waals surface area (Å²) < 4.78 is 0. The summed E-state index contributed by atoms with van der Waals surface area (Å²) in [6.45, 7) is 18.4. The third kappa shape index (κ3) is 11.3. The predicted octanol–water partition coefficient (Wildman–Crippen LogP) is 3.75. The number of hydrogen-bond donors (Lipinski definition) is 4. The van der Waals surface area contributed by atoms with Crippen LogP contribution in [-0.2, 0) is 30.4 Å². The number of likely N-dealkylation sites (tertiary alicyclic amines) is 1. The standard InChI is InChI=1S/C39H66N6O5/c1-12-25(6)35(44(11)39(50)34(24(4)5)43-38(49)33(41-10)23(2)3)26(7)21-32(46)45-20-16-19-31(45)27(8)28(9)37(48)42-30(36(40)47)22-29-17-14-13-15-18-29/h13-15,17-18,23-28,30-31,33-35,41H,12,16,19-22H2,1-11H3,(H2,40,47)(H,42,48)(H,43,49)/t25?,26?,27?,28?,30?,31?,33?,34-,35?/m0/s1. The summed E-state index contributed by atoms with van der Waals surface area (Å²) in [6, 6.07) is 7.14. The molecular weight excluding hydrogens is 632 g/mol. The van der Waals surface area contributed by atoms with E-state index in [0.717, 1.165) is 24.8 Å². The van der Waals surface area contributed by atoms with Gasteiger partial charge in [0.2, 0.25) is 29.5 Å². The van der Waals surface area contributed by atoms with Gasteiger partial charge in [0.15, 0.2) is 0 Å². The lowest BCUT2D eigenvalue weighted by Gasteiger charge is -2.40. The van der Waals surface area contributed by atoms with Gasteiger partial charge in [0.05, 0.1) is 6.04 Å². The van der Waals surface area contributed by atoms with Gasteiger partial charge in [-0.2, -0.15) is 0 Å². The van der Waals surface area contributed by atoms with Crippen LogP contribution in [0.5, 0.6) is 0 Å². The molecule has 8 unspecified atom stereocenters. The lowest BCUT2D eigenvalue weighted by Crippen LogP contribution is -2.58. The molecule has 2 rings (SSSR count). The summed E-state index contributed by atoms with van der Waals surface area (Å²) in [7, 11) is 3.53. The average Bonchev–Trinajstić information content (AvgIpc) is 3.56. The van der Waals surface area contributed by atoms with Gasteiger partial charge in [0, 0.05) is 44.4 Å². The Morgan fingerprint density at radius 2 is 1.48 bits per heavy atom. The Hall–Kier alpha value is -3.47. The van der Waals surface area contributed by atoms with Crippen LogP contribution in [-0.4, -0.2) is 90.2 Å². The summed E-state index contributed by atoms with van der Waals surface area (Å²) in [6.07, 6.45) is 3.01. The SMILES string of the molecule is CCC(C)C(C(C)CC(=O)N1CCCC1C(C)C(C)C(=O)NC(Cc1ccccc1)C(N)=O)N(C)C(=O)[C@@H](NC(=O)C(NC)C(C)C)C(C)C. The zero-order valence-electron chi connectivity index (χ0n) is 32.5. The van der Waals surface area contributed by atoms with Crippen molar-refractivity contribution in [1.82, 2.24) is 25.8 Å². The van der Waals surface area contributed by atoms with E-state index in [1.165, 1.54) is 0 Å². The number of benzene rings is 1. The molecule has 1 aliphatic rings. The zero-order valence-corrected chi connectivity index (χ0v) is 32.5. The highest BCUT2D eigenvalue weighted by Gasteiger charge is 2.40. The number of carbonyl (C=O) groups excluding carboxylic acids is 5. The largest absolute Gasteiger partial charge is 0.368 e. The van der Waals surface area contributed by atoms with Crippen molar-refractivity contribution in [3.8, 4) is 0 Å². The Balaban J connectivity index is 2.17. The fourth-order valence-electron chi connectivity index (χ4n) is 7.57. The molecule has 1 aromatic carbocycles. The molecule has 1 aliphatic heterocycles. The van der Waals surface area contributed by atoms with Gasteiger partial charge < -0.3 is 31.5 Å². The van der Waals surface area contributed by atoms with E-state index in [4.69, 9.17) is 5.73 Å². The molecule has 1 aromatic rings. The minimum atomic E-state index is -0.831. The third-order valence-electron chi connectivity index (χ3n) is 11.0. The molecule has 0 bridgehead atoms. The van der Waals surface area contributed by atoms with Crippen molar-refractivity contribution in [2.75, 3.05) is 20.6 Å². The van der Waals surface area contributed by atoms with Crippen LogP contribution in [0.1, 0.15) is 93.6 Å². The molecular formula is C39H66N6O5. The van der Waals surface area contributed by atoms with Crippen LogP contribution in [0.2, 0.25) is 0 Å². The summed E-state index contributed by atoms with van der Waals surface area (Å²) >= 11 is 0. The molecule has 282 valence electrons. The van der Waals surface area contributed by atoms with Crippen LogP contribution in [0.4, 0.5) is 0 Å². The highest BCUT2D eigenvalue weighted by molar-refractivity contribution is 5.90. The molecule has 1 fully saturated rings. The number of rotatable bonds is 19. The predicted molar refractivity (Wildman–Crippen MR) is 199 cm³/mol. The molecule has 11 nitrogen and oxygen atoms in total. The van der Waals surface area contributed by atoms with Gasteiger partial charge in [-0.15, -0.1) is 0 Å². The smallest absolute Gasteiger partial charge is 0.245 e. The Bertz CT molecular complexity index is 1270. The molecule has 9 atom stereocenters. The second kappa shape index (κ2) is 19.8. The number of likely N-dealkylation sites (N-methyl/N-ethyl adjacent to an activating group) is 2. The first-order valence-electron chi connectivity index (χ1n) is 18.6. The van der Waals surface area contributed by atoms with E-state index in [2.05, 4.69) is 29.8 Å². The van der Waals surface area contributed by atoms with Crippen LogP contribution in [0.25, 0.3) is 0 Å². The monoisotopic (exact) mass is 699 g/mol. The van der Waals surface area contributed by atoms with E-state index in [1.54, 1.807) is 19.0 Å². The Labute approximate surface area is 301 Å². The van der Waals surface area contributed by atoms with Crippen molar-refractivity contribution in [2.24, 2.45) is 41.2 Å². The van der Waals surface area contributed by atoms with Crippen LogP contribution in [0, 0.1) is 35.5 Å². The fourth-order valence-corrected chi connectivity index (χ4v) is 7.57. The molecule has 0 aromatic heterocycles. The quantitative estimate of drug-likeness (QED) is 0.173. The van der Waals surface area contributed by atoms with Crippen LogP contribution >= 0.6 is 0 Å². The fraction of sp³-hybridized carbons (Fsp3) is 0.718. The molecule has 50 heavy (non-hydrogen) atoms. The topological polar surface area (TPSA) is 154 Å². The first kappa shape index (κ1) is 42.7. The Kier molecular flexibility index (Phi) is 16.9. The molecule has 0 aliphatic carbocycles. The number of nitrogens with one attached hydrogen (secondary N) is 3. The van der Waals surface area contributed by atoms with Gasteiger partial charge in [-0.05, 0) is 55.0 Å². The van der Waals surface area contributed by atoms with Crippen molar-refractivity contribution in [2.45, 2.75) is 125 Å². The maximum atomic E-state index is 14.0. The average molecular weight is 699 g/mol. The number of nitrogens with two attached hydrogens (primary N) is 1. The van der Waals surface area contributed by atoms with Crippen molar-refractivity contribution >= 4 is 29.5 Å². The summed E-state index contributed by atoms with van der Waals surface area (Å²) in [4.78, 5) is 70.5. The van der Waals surface area contributed by atoms with Gasteiger partial charge in [0.1, 0.15) is 12.1 Å². The highest BCUT2D eigenvalue weighted by atomic mass is 16.2. The van der Waals surface area contributed by atoms with E-state index in [9.17, 15) is 24.0 Å². The number of carbonyl (C=O) groups is 5. The Morgan fingerprint density at radius 3 is 2.00 bits per heavy atom.